The summed E-state index contributed by atoms with van der Waals surface area (Å²) in [7, 11) is 0. The zero-order valence-electron chi connectivity index (χ0n) is 17.2. The van der Waals surface area contributed by atoms with Gasteiger partial charge < -0.3 is 15.4 Å². The second-order valence-corrected chi connectivity index (χ2v) is 7.52. The second-order valence-electron chi connectivity index (χ2n) is 6.64. The normalized spacial score (nSPS) is 10.5. The SMILES string of the molecule is CCOC(=O)c1cccc(NC(=O)Cn2nnc(C(=O)Nc3cc(Cl)cc(Cl)c3)c2C)c1. The maximum absolute atomic E-state index is 12.5. The highest BCUT2D eigenvalue weighted by Crippen LogP contribution is 2.23. The molecule has 9 nitrogen and oxygen atoms in total. The van der Waals surface area contributed by atoms with E-state index >= 15 is 0 Å². The Balaban J connectivity index is 1.66. The third kappa shape index (κ3) is 5.83. The zero-order valence-corrected chi connectivity index (χ0v) is 18.7. The Labute approximate surface area is 193 Å². The van der Waals surface area contributed by atoms with Crippen LogP contribution in [0, 0.1) is 6.92 Å². The van der Waals surface area contributed by atoms with Gasteiger partial charge in [0, 0.05) is 21.4 Å². The van der Waals surface area contributed by atoms with Crippen molar-refractivity contribution < 1.29 is 19.1 Å². The molecular formula is C21H19Cl2N5O4. The number of aromatic nitrogens is 3. The fourth-order valence-corrected chi connectivity index (χ4v) is 3.34. The third-order valence-corrected chi connectivity index (χ3v) is 4.71. The van der Waals surface area contributed by atoms with Crippen LogP contribution in [-0.2, 0) is 16.1 Å². The number of carbonyl (C=O) groups is 3. The van der Waals surface area contributed by atoms with E-state index in [9.17, 15) is 14.4 Å². The molecule has 166 valence electrons. The summed E-state index contributed by atoms with van der Waals surface area (Å²) in [6.07, 6.45) is 0. The number of amides is 2. The van der Waals surface area contributed by atoms with Crippen LogP contribution in [0.5, 0.6) is 0 Å². The quantitative estimate of drug-likeness (QED) is 0.499. The van der Waals surface area contributed by atoms with Crippen molar-refractivity contribution in [3.63, 3.8) is 0 Å². The first kappa shape index (κ1) is 23.2. The summed E-state index contributed by atoms with van der Waals surface area (Å²) >= 11 is 11.9. The van der Waals surface area contributed by atoms with E-state index in [0.717, 1.165) is 0 Å². The van der Waals surface area contributed by atoms with E-state index in [4.69, 9.17) is 27.9 Å². The van der Waals surface area contributed by atoms with Gasteiger partial charge in [0.25, 0.3) is 5.91 Å². The van der Waals surface area contributed by atoms with Gasteiger partial charge in [-0.15, -0.1) is 5.10 Å². The number of hydrogen-bond donors (Lipinski definition) is 2. The van der Waals surface area contributed by atoms with E-state index in [-0.39, 0.29) is 18.8 Å². The number of hydrogen-bond acceptors (Lipinski definition) is 6. The first-order valence-electron chi connectivity index (χ1n) is 9.51. The summed E-state index contributed by atoms with van der Waals surface area (Å²) in [6, 6.07) is 11.0. The van der Waals surface area contributed by atoms with Crippen LogP contribution in [0.15, 0.2) is 42.5 Å². The molecule has 0 saturated carbocycles. The van der Waals surface area contributed by atoms with Crippen LogP contribution in [0.25, 0.3) is 0 Å². The van der Waals surface area contributed by atoms with Crippen LogP contribution in [0.3, 0.4) is 0 Å². The average Bonchev–Trinajstić information content (AvgIpc) is 3.07. The molecule has 0 radical (unpaired) electrons. The Hall–Kier alpha value is -3.43. The lowest BCUT2D eigenvalue weighted by molar-refractivity contribution is -0.117. The Kier molecular flexibility index (Phi) is 7.45. The second kappa shape index (κ2) is 10.3. The molecule has 1 heterocycles. The minimum atomic E-state index is -0.519. The molecule has 1 aromatic heterocycles. The molecule has 11 heteroatoms. The van der Waals surface area contributed by atoms with Crippen LogP contribution in [0.2, 0.25) is 10.0 Å². The molecule has 0 aliphatic carbocycles. The minimum Gasteiger partial charge on any atom is -0.462 e. The monoisotopic (exact) mass is 475 g/mol. The van der Waals surface area contributed by atoms with Crippen LogP contribution >= 0.6 is 23.2 Å². The van der Waals surface area contributed by atoms with Crippen molar-refractivity contribution in [3.05, 3.63) is 69.5 Å². The molecule has 0 fully saturated rings. The van der Waals surface area contributed by atoms with Crippen molar-refractivity contribution in [2.45, 2.75) is 20.4 Å². The van der Waals surface area contributed by atoms with Gasteiger partial charge in [-0.2, -0.15) is 0 Å². The highest BCUT2D eigenvalue weighted by molar-refractivity contribution is 6.35. The molecule has 0 spiro atoms. The van der Waals surface area contributed by atoms with Crippen molar-refractivity contribution >= 4 is 52.4 Å². The predicted octanol–water partition coefficient (Wildman–Crippen LogP) is 3.96. The molecule has 0 aliphatic rings. The van der Waals surface area contributed by atoms with E-state index < -0.39 is 17.8 Å². The van der Waals surface area contributed by atoms with Crippen LogP contribution < -0.4 is 10.6 Å². The predicted molar refractivity (Wildman–Crippen MR) is 120 cm³/mol. The summed E-state index contributed by atoms with van der Waals surface area (Å²) in [5.41, 5.74) is 1.60. The maximum Gasteiger partial charge on any atom is 0.338 e. The van der Waals surface area contributed by atoms with Gasteiger partial charge in [-0.3, -0.25) is 9.59 Å². The standard InChI is InChI=1S/C21H19Cl2N5O4/c1-3-32-21(31)13-5-4-6-16(7-13)24-18(29)11-28-12(2)19(26-27-28)20(30)25-17-9-14(22)8-15(23)10-17/h4-10H,3,11H2,1-2H3,(H,24,29)(H,25,30). The van der Waals surface area contributed by atoms with Gasteiger partial charge in [0.05, 0.1) is 17.9 Å². The molecule has 32 heavy (non-hydrogen) atoms. The van der Waals surface area contributed by atoms with Gasteiger partial charge in [-0.25, -0.2) is 9.48 Å². The first-order valence-corrected chi connectivity index (χ1v) is 10.3. The first-order chi connectivity index (χ1) is 15.3. The molecule has 0 aliphatic heterocycles. The lowest BCUT2D eigenvalue weighted by Gasteiger charge is -2.08. The number of carbonyl (C=O) groups excluding carboxylic acids is 3. The van der Waals surface area contributed by atoms with E-state index in [1.807, 2.05) is 0 Å². The maximum atomic E-state index is 12.5. The van der Waals surface area contributed by atoms with Gasteiger partial charge in [0.15, 0.2) is 5.69 Å². The van der Waals surface area contributed by atoms with E-state index in [2.05, 4.69) is 20.9 Å². The molecule has 3 aromatic rings. The summed E-state index contributed by atoms with van der Waals surface area (Å²) in [4.78, 5) is 36.8. The van der Waals surface area contributed by atoms with Crippen molar-refractivity contribution in [3.8, 4) is 0 Å². The van der Waals surface area contributed by atoms with Gasteiger partial charge >= 0.3 is 5.97 Å². The third-order valence-electron chi connectivity index (χ3n) is 4.27. The highest BCUT2D eigenvalue weighted by Gasteiger charge is 2.19. The molecule has 3 rings (SSSR count). The lowest BCUT2D eigenvalue weighted by atomic mass is 10.2. The Morgan fingerprint density at radius 2 is 1.75 bits per heavy atom. The fourth-order valence-electron chi connectivity index (χ4n) is 2.81. The van der Waals surface area contributed by atoms with Gasteiger partial charge in [0.2, 0.25) is 5.91 Å². The minimum absolute atomic E-state index is 0.0539. The summed E-state index contributed by atoms with van der Waals surface area (Å²) in [6.45, 7) is 3.40. The molecule has 0 bridgehead atoms. The number of nitrogens with zero attached hydrogens (tertiary/aromatic N) is 3. The van der Waals surface area contributed by atoms with E-state index in [0.29, 0.717) is 32.7 Å². The van der Waals surface area contributed by atoms with Gasteiger partial charge in [-0.05, 0) is 50.2 Å². The fraction of sp³-hybridized carbons (Fsp3) is 0.190. The van der Waals surface area contributed by atoms with Crippen LogP contribution in [0.1, 0.15) is 33.5 Å². The van der Waals surface area contributed by atoms with Crippen molar-refractivity contribution in [2.75, 3.05) is 17.2 Å². The number of anilines is 2. The van der Waals surface area contributed by atoms with Crippen molar-refractivity contribution in [1.29, 1.82) is 0 Å². The van der Waals surface area contributed by atoms with Gasteiger partial charge in [0.1, 0.15) is 6.54 Å². The Morgan fingerprint density at radius 1 is 1.03 bits per heavy atom. The van der Waals surface area contributed by atoms with Crippen LogP contribution in [-0.4, -0.2) is 39.4 Å². The molecule has 0 unspecified atom stereocenters. The average molecular weight is 476 g/mol. The lowest BCUT2D eigenvalue weighted by Crippen LogP contribution is -2.21. The Morgan fingerprint density at radius 3 is 2.44 bits per heavy atom. The topological polar surface area (TPSA) is 115 Å². The van der Waals surface area contributed by atoms with Gasteiger partial charge in [-0.1, -0.05) is 34.5 Å². The zero-order chi connectivity index (χ0) is 23.3. The molecule has 0 saturated heterocycles. The molecular weight excluding hydrogens is 457 g/mol. The number of ether oxygens (including phenoxy) is 1. The van der Waals surface area contributed by atoms with Crippen molar-refractivity contribution in [1.82, 2.24) is 15.0 Å². The van der Waals surface area contributed by atoms with Crippen LogP contribution in [0.4, 0.5) is 11.4 Å². The number of halogens is 2. The Bertz CT molecular complexity index is 1160. The molecule has 2 N–H and O–H groups in total. The number of benzene rings is 2. The van der Waals surface area contributed by atoms with E-state index in [1.165, 1.54) is 10.7 Å². The van der Waals surface area contributed by atoms with E-state index in [1.54, 1.807) is 50.2 Å². The largest absolute Gasteiger partial charge is 0.462 e. The highest BCUT2D eigenvalue weighted by atomic mass is 35.5. The number of nitrogens with one attached hydrogen (secondary N) is 2. The summed E-state index contributed by atoms with van der Waals surface area (Å²) in [5.74, 6) is -1.41. The molecule has 0 atom stereocenters. The number of esters is 1. The smallest absolute Gasteiger partial charge is 0.338 e. The summed E-state index contributed by atoms with van der Waals surface area (Å²) in [5, 5.41) is 13.8. The summed E-state index contributed by atoms with van der Waals surface area (Å²) < 4.78 is 6.25. The van der Waals surface area contributed by atoms with Crippen molar-refractivity contribution in [2.24, 2.45) is 0 Å². The number of rotatable bonds is 7. The molecule has 2 amide bonds. The molecule has 2 aromatic carbocycles.